The average molecular weight is 511 g/mol. The molecule has 3 amide bonds. The summed E-state index contributed by atoms with van der Waals surface area (Å²) in [7, 11) is 1.47. The smallest absolute Gasteiger partial charge is 0.269 e. The van der Waals surface area contributed by atoms with E-state index < -0.39 is 46.6 Å². The molecule has 3 aromatic carbocycles. The molecule has 38 heavy (non-hydrogen) atoms. The maximum Gasteiger partial charge on any atom is 0.269 e. The third-order valence-electron chi connectivity index (χ3n) is 7.36. The molecule has 3 aromatic rings. The van der Waals surface area contributed by atoms with Gasteiger partial charge in [-0.15, -0.1) is 0 Å². The Morgan fingerprint density at radius 1 is 0.921 bits per heavy atom. The molecule has 2 fully saturated rings. The van der Waals surface area contributed by atoms with Crippen LogP contribution in [0.25, 0.3) is 6.08 Å². The lowest BCUT2D eigenvalue weighted by atomic mass is 9.88. The molecule has 10 heteroatoms. The predicted molar refractivity (Wildman–Crippen MR) is 140 cm³/mol. The van der Waals surface area contributed by atoms with Crippen molar-refractivity contribution in [2.45, 2.75) is 12.1 Å². The van der Waals surface area contributed by atoms with Gasteiger partial charge in [0.2, 0.25) is 17.7 Å². The van der Waals surface area contributed by atoms with E-state index >= 15 is 0 Å². The number of carbonyl (C=O) groups is 3. The van der Waals surface area contributed by atoms with Crippen molar-refractivity contribution in [1.82, 2.24) is 0 Å². The fourth-order valence-electron chi connectivity index (χ4n) is 5.75. The summed E-state index contributed by atoms with van der Waals surface area (Å²) in [6.45, 7) is 0. The number of nitro groups is 1. The van der Waals surface area contributed by atoms with Crippen LogP contribution in [0.2, 0.25) is 0 Å². The molecule has 1 N–H and O–H groups in total. The summed E-state index contributed by atoms with van der Waals surface area (Å²) in [6.07, 6.45) is 3.78. The third-order valence-corrected chi connectivity index (χ3v) is 7.36. The monoisotopic (exact) mass is 510 g/mol. The van der Waals surface area contributed by atoms with Crippen LogP contribution in [-0.2, 0) is 14.4 Å². The lowest BCUT2D eigenvalue weighted by molar-refractivity contribution is -0.384. The number of nitro benzene ring substituents is 1. The van der Waals surface area contributed by atoms with E-state index in [2.05, 4.69) is 5.32 Å². The summed E-state index contributed by atoms with van der Waals surface area (Å²) < 4.78 is 5.41. The zero-order valence-electron chi connectivity index (χ0n) is 20.2. The zero-order chi connectivity index (χ0) is 26.6. The first-order valence-corrected chi connectivity index (χ1v) is 12.0. The summed E-state index contributed by atoms with van der Waals surface area (Å²) in [6, 6.07) is 18.2. The molecule has 0 aliphatic carbocycles. The van der Waals surface area contributed by atoms with E-state index in [4.69, 9.17) is 4.74 Å². The van der Waals surface area contributed by atoms with Gasteiger partial charge in [-0.2, -0.15) is 0 Å². The van der Waals surface area contributed by atoms with Gasteiger partial charge < -0.3 is 15.0 Å². The molecule has 6 rings (SSSR count). The number of fused-ring (bicyclic) bond motifs is 5. The number of hydrogen-bond donors (Lipinski definition) is 1. The summed E-state index contributed by atoms with van der Waals surface area (Å²) in [5, 5.41) is 13.8. The first-order chi connectivity index (χ1) is 18.4. The number of carbonyl (C=O) groups excluding carboxylic acids is 3. The second-order valence-corrected chi connectivity index (χ2v) is 9.29. The van der Waals surface area contributed by atoms with Gasteiger partial charge in [-0.1, -0.05) is 42.5 Å². The number of imide groups is 1. The number of rotatable bonds is 5. The van der Waals surface area contributed by atoms with Gasteiger partial charge in [-0.25, -0.2) is 4.90 Å². The summed E-state index contributed by atoms with van der Waals surface area (Å²) >= 11 is 0. The normalized spacial score (nSPS) is 23.1. The molecular weight excluding hydrogens is 488 g/mol. The highest BCUT2D eigenvalue weighted by atomic mass is 16.6. The Bertz CT molecular complexity index is 1520. The number of nitrogens with one attached hydrogen (secondary N) is 1. The number of anilines is 3. The van der Waals surface area contributed by atoms with Crippen molar-refractivity contribution in [3.63, 3.8) is 0 Å². The second kappa shape index (κ2) is 8.84. The van der Waals surface area contributed by atoms with Gasteiger partial charge in [-0.3, -0.25) is 24.5 Å². The van der Waals surface area contributed by atoms with E-state index in [9.17, 15) is 24.5 Å². The second-order valence-electron chi connectivity index (χ2n) is 9.29. The van der Waals surface area contributed by atoms with Crippen LogP contribution in [0, 0.1) is 22.0 Å². The first-order valence-electron chi connectivity index (χ1n) is 12.0. The molecular formula is C28H22N4O6. The molecule has 0 unspecified atom stereocenters. The third kappa shape index (κ3) is 3.45. The topological polar surface area (TPSA) is 122 Å². The Morgan fingerprint density at radius 3 is 2.29 bits per heavy atom. The predicted octanol–water partition coefficient (Wildman–Crippen LogP) is 3.63. The van der Waals surface area contributed by atoms with Crippen molar-refractivity contribution in [3.8, 4) is 5.75 Å². The lowest BCUT2D eigenvalue weighted by Gasteiger charge is -2.36. The van der Waals surface area contributed by atoms with Crippen LogP contribution in [0.5, 0.6) is 5.75 Å². The maximum atomic E-state index is 14.0. The Balaban J connectivity index is 1.42. The van der Waals surface area contributed by atoms with Crippen molar-refractivity contribution in [2.75, 3.05) is 22.2 Å². The van der Waals surface area contributed by atoms with Crippen molar-refractivity contribution in [3.05, 3.63) is 94.6 Å². The molecule has 0 radical (unpaired) electrons. The lowest BCUT2D eigenvalue weighted by Crippen LogP contribution is -2.50. The summed E-state index contributed by atoms with van der Waals surface area (Å²) in [4.78, 5) is 55.1. The van der Waals surface area contributed by atoms with Gasteiger partial charge in [0.15, 0.2) is 0 Å². The van der Waals surface area contributed by atoms with Gasteiger partial charge >= 0.3 is 0 Å². The zero-order valence-corrected chi connectivity index (χ0v) is 20.2. The minimum atomic E-state index is -0.998. The highest BCUT2D eigenvalue weighted by Gasteiger charge is 2.64. The van der Waals surface area contributed by atoms with E-state index in [0.29, 0.717) is 17.1 Å². The van der Waals surface area contributed by atoms with Gasteiger partial charge in [0, 0.05) is 23.5 Å². The average Bonchev–Trinajstić information content (AvgIpc) is 3.41. The van der Waals surface area contributed by atoms with Crippen molar-refractivity contribution >= 4 is 46.5 Å². The Labute approximate surface area is 217 Å². The maximum absolute atomic E-state index is 14.0. The SMILES string of the molecule is COc1ccccc1N1C(=O)[C@@H]2[C@H](C1=O)[C@@H](C(=O)Nc1ccc([N+](=O)[O-])cc1)N1c3ccccc3C=C[C@@H]21. The molecule has 0 aromatic heterocycles. The number of benzene rings is 3. The fraction of sp³-hybridized carbons (Fsp3) is 0.179. The van der Waals surface area contributed by atoms with Crippen LogP contribution in [0.1, 0.15) is 5.56 Å². The first kappa shape index (κ1) is 23.4. The van der Waals surface area contributed by atoms with Crippen LogP contribution in [0.15, 0.2) is 78.9 Å². The van der Waals surface area contributed by atoms with Crippen LogP contribution < -0.4 is 19.9 Å². The van der Waals surface area contributed by atoms with E-state index in [1.807, 2.05) is 41.3 Å². The molecule has 3 heterocycles. The summed E-state index contributed by atoms with van der Waals surface area (Å²) in [5.41, 5.74) is 2.20. The fourth-order valence-corrected chi connectivity index (χ4v) is 5.75. The largest absolute Gasteiger partial charge is 0.495 e. The number of non-ortho nitro benzene ring substituents is 1. The Morgan fingerprint density at radius 2 is 1.58 bits per heavy atom. The molecule has 0 saturated carbocycles. The van der Waals surface area contributed by atoms with Gasteiger partial charge in [0.1, 0.15) is 11.8 Å². The quantitative estimate of drug-likeness (QED) is 0.316. The van der Waals surface area contributed by atoms with Crippen molar-refractivity contribution in [1.29, 1.82) is 0 Å². The molecule has 3 aliphatic rings. The van der Waals surface area contributed by atoms with E-state index in [-0.39, 0.29) is 5.69 Å². The number of para-hydroxylation sites is 3. The van der Waals surface area contributed by atoms with Crippen molar-refractivity contribution in [2.24, 2.45) is 11.8 Å². The van der Waals surface area contributed by atoms with Crippen molar-refractivity contribution < 1.29 is 24.0 Å². The van der Waals surface area contributed by atoms with Gasteiger partial charge in [-0.05, 0) is 35.9 Å². The minimum absolute atomic E-state index is 0.108. The Hall–Kier alpha value is -4.99. The number of nitrogens with zero attached hydrogens (tertiary/aromatic N) is 3. The standard InChI is InChI=1S/C28H22N4O6/c1-38-22-9-5-4-8-20(22)31-27(34)23-21-15-10-16-6-2-3-7-19(16)30(21)25(24(23)28(31)35)26(33)29-17-11-13-18(14-12-17)32(36)37/h2-15,21,23-25H,1H3,(H,29,33)/t21-,23-,24-,25-/m0/s1. The molecule has 0 bridgehead atoms. The van der Waals surface area contributed by atoms with Gasteiger partial charge in [0.25, 0.3) is 5.69 Å². The number of methoxy groups -OCH3 is 1. The van der Waals surface area contributed by atoms with E-state index in [1.54, 1.807) is 24.3 Å². The molecule has 3 aliphatic heterocycles. The number of ether oxygens (including phenoxy) is 1. The van der Waals surface area contributed by atoms with Crippen LogP contribution >= 0.6 is 0 Å². The minimum Gasteiger partial charge on any atom is -0.495 e. The van der Waals surface area contributed by atoms with Crippen LogP contribution in [0.4, 0.5) is 22.7 Å². The Kier molecular flexibility index (Phi) is 5.45. The summed E-state index contributed by atoms with van der Waals surface area (Å²) in [5.74, 6) is -2.72. The van der Waals surface area contributed by atoms with E-state index in [1.165, 1.54) is 31.4 Å². The van der Waals surface area contributed by atoms with E-state index in [0.717, 1.165) is 16.2 Å². The number of hydrogen-bond acceptors (Lipinski definition) is 7. The molecule has 190 valence electrons. The molecule has 4 atom stereocenters. The molecule has 0 spiro atoms. The van der Waals surface area contributed by atoms with Gasteiger partial charge in [0.05, 0.1) is 35.6 Å². The highest BCUT2D eigenvalue weighted by Crippen LogP contribution is 2.50. The molecule has 2 saturated heterocycles. The highest BCUT2D eigenvalue weighted by molar-refractivity contribution is 6.25. The number of amides is 3. The van der Waals surface area contributed by atoms with Crippen LogP contribution in [0.3, 0.4) is 0 Å². The molecule has 10 nitrogen and oxygen atoms in total. The van der Waals surface area contributed by atoms with Crippen LogP contribution in [-0.4, -0.2) is 41.8 Å².